The SMILES string of the molecule is CCN(CC)CCn1cc(NCc2cn(C)nn2)cn1. The van der Waals surface area contributed by atoms with E-state index in [1.807, 2.05) is 30.3 Å². The second-order valence-corrected chi connectivity index (χ2v) is 4.76. The van der Waals surface area contributed by atoms with Crippen molar-refractivity contribution in [3.05, 3.63) is 24.3 Å². The first-order valence-corrected chi connectivity index (χ1v) is 7.05. The zero-order valence-electron chi connectivity index (χ0n) is 12.5. The fourth-order valence-electron chi connectivity index (χ4n) is 2.03. The van der Waals surface area contributed by atoms with Crippen molar-refractivity contribution < 1.29 is 0 Å². The van der Waals surface area contributed by atoms with Crippen molar-refractivity contribution in [1.82, 2.24) is 29.7 Å². The molecule has 0 fully saturated rings. The Kier molecular flexibility index (Phi) is 5.11. The molecular weight excluding hydrogens is 254 g/mol. The van der Waals surface area contributed by atoms with Crippen molar-refractivity contribution in [2.75, 3.05) is 25.0 Å². The molecule has 7 heteroatoms. The molecular formula is C13H23N7. The molecule has 110 valence electrons. The van der Waals surface area contributed by atoms with Gasteiger partial charge in [-0.1, -0.05) is 19.1 Å². The molecule has 2 rings (SSSR count). The summed E-state index contributed by atoms with van der Waals surface area (Å²) >= 11 is 0. The number of aromatic nitrogens is 5. The van der Waals surface area contributed by atoms with Crippen LogP contribution in [0.2, 0.25) is 0 Å². The van der Waals surface area contributed by atoms with Crippen molar-refractivity contribution in [3.8, 4) is 0 Å². The minimum absolute atomic E-state index is 0.662. The van der Waals surface area contributed by atoms with Crippen LogP contribution in [0.3, 0.4) is 0 Å². The van der Waals surface area contributed by atoms with E-state index in [0.717, 1.165) is 37.6 Å². The maximum Gasteiger partial charge on any atom is 0.102 e. The van der Waals surface area contributed by atoms with Gasteiger partial charge in [-0.25, -0.2) is 0 Å². The first kappa shape index (κ1) is 14.5. The summed E-state index contributed by atoms with van der Waals surface area (Å²) in [6, 6.07) is 0. The van der Waals surface area contributed by atoms with E-state index in [1.165, 1.54) is 0 Å². The summed E-state index contributed by atoms with van der Waals surface area (Å²) in [5, 5.41) is 15.6. The molecule has 0 atom stereocenters. The van der Waals surface area contributed by atoms with Crippen LogP contribution in [0.5, 0.6) is 0 Å². The standard InChI is InChI=1S/C13H23N7/c1-4-19(5-2)6-7-20-11-12(9-15-20)14-8-13-10-18(3)17-16-13/h9-11,14H,4-8H2,1-3H3. The highest BCUT2D eigenvalue weighted by atomic mass is 15.4. The molecule has 0 unspecified atom stereocenters. The topological polar surface area (TPSA) is 63.8 Å². The van der Waals surface area contributed by atoms with Gasteiger partial charge in [0.15, 0.2) is 0 Å². The highest BCUT2D eigenvalue weighted by molar-refractivity contribution is 5.38. The van der Waals surface area contributed by atoms with E-state index < -0.39 is 0 Å². The van der Waals surface area contributed by atoms with Crippen molar-refractivity contribution in [2.24, 2.45) is 7.05 Å². The largest absolute Gasteiger partial charge is 0.377 e. The summed E-state index contributed by atoms with van der Waals surface area (Å²) < 4.78 is 3.67. The molecule has 0 aliphatic carbocycles. The van der Waals surface area contributed by atoms with Crippen LogP contribution >= 0.6 is 0 Å². The Morgan fingerprint density at radius 2 is 2.05 bits per heavy atom. The molecule has 0 saturated heterocycles. The van der Waals surface area contributed by atoms with Crippen LogP contribution in [-0.2, 0) is 20.1 Å². The minimum Gasteiger partial charge on any atom is -0.377 e. The Labute approximate surface area is 119 Å². The van der Waals surface area contributed by atoms with Crippen molar-refractivity contribution >= 4 is 5.69 Å². The second-order valence-electron chi connectivity index (χ2n) is 4.76. The highest BCUT2D eigenvalue weighted by Crippen LogP contribution is 2.06. The van der Waals surface area contributed by atoms with E-state index in [2.05, 4.69) is 39.5 Å². The van der Waals surface area contributed by atoms with Crippen LogP contribution in [0.1, 0.15) is 19.5 Å². The van der Waals surface area contributed by atoms with E-state index in [0.29, 0.717) is 6.54 Å². The maximum absolute atomic E-state index is 4.36. The first-order chi connectivity index (χ1) is 9.71. The van der Waals surface area contributed by atoms with E-state index in [4.69, 9.17) is 0 Å². The van der Waals surface area contributed by atoms with E-state index in [9.17, 15) is 0 Å². The molecule has 0 amide bonds. The predicted molar refractivity (Wildman–Crippen MR) is 78.3 cm³/mol. The summed E-state index contributed by atoms with van der Waals surface area (Å²) in [5.74, 6) is 0. The molecule has 2 aromatic heterocycles. The fraction of sp³-hybridized carbons (Fsp3) is 0.615. The fourth-order valence-corrected chi connectivity index (χ4v) is 2.03. The molecule has 2 heterocycles. The van der Waals surface area contributed by atoms with E-state index in [-0.39, 0.29) is 0 Å². The quantitative estimate of drug-likeness (QED) is 0.779. The lowest BCUT2D eigenvalue weighted by molar-refractivity contribution is 0.285. The number of hydrogen-bond acceptors (Lipinski definition) is 5. The Bertz CT molecular complexity index is 512. The monoisotopic (exact) mass is 277 g/mol. The lowest BCUT2D eigenvalue weighted by Crippen LogP contribution is -2.27. The second kappa shape index (κ2) is 7.04. The number of nitrogens with zero attached hydrogens (tertiary/aromatic N) is 6. The summed E-state index contributed by atoms with van der Waals surface area (Å²) in [6.07, 6.45) is 5.77. The molecule has 0 radical (unpaired) electrons. The van der Waals surface area contributed by atoms with Gasteiger partial charge in [-0.05, 0) is 13.1 Å². The zero-order chi connectivity index (χ0) is 14.4. The van der Waals surface area contributed by atoms with Gasteiger partial charge < -0.3 is 10.2 Å². The van der Waals surface area contributed by atoms with Crippen LogP contribution in [-0.4, -0.2) is 49.3 Å². The third kappa shape index (κ3) is 4.06. The van der Waals surface area contributed by atoms with Crippen molar-refractivity contribution in [1.29, 1.82) is 0 Å². The van der Waals surface area contributed by atoms with Gasteiger partial charge in [0.2, 0.25) is 0 Å². The number of aryl methyl sites for hydroxylation is 1. The lowest BCUT2D eigenvalue weighted by Gasteiger charge is -2.17. The van der Waals surface area contributed by atoms with E-state index in [1.54, 1.807) is 4.68 Å². The van der Waals surface area contributed by atoms with Crippen molar-refractivity contribution in [2.45, 2.75) is 26.9 Å². The minimum atomic E-state index is 0.662. The van der Waals surface area contributed by atoms with Gasteiger partial charge >= 0.3 is 0 Å². The maximum atomic E-state index is 4.36. The molecule has 7 nitrogen and oxygen atoms in total. The Morgan fingerprint density at radius 1 is 1.25 bits per heavy atom. The van der Waals surface area contributed by atoms with E-state index >= 15 is 0 Å². The number of nitrogens with one attached hydrogen (secondary N) is 1. The summed E-state index contributed by atoms with van der Waals surface area (Å²) in [4.78, 5) is 2.38. The molecule has 2 aromatic rings. The highest BCUT2D eigenvalue weighted by Gasteiger charge is 2.03. The molecule has 0 aliphatic rings. The smallest absolute Gasteiger partial charge is 0.102 e. The summed E-state index contributed by atoms with van der Waals surface area (Å²) in [7, 11) is 1.86. The molecule has 20 heavy (non-hydrogen) atoms. The van der Waals surface area contributed by atoms with Crippen LogP contribution in [0.15, 0.2) is 18.6 Å². The molecule has 0 spiro atoms. The third-order valence-corrected chi connectivity index (χ3v) is 3.30. The molecule has 0 aliphatic heterocycles. The summed E-state index contributed by atoms with van der Waals surface area (Å²) in [5.41, 5.74) is 1.93. The van der Waals surface area contributed by atoms with Crippen LogP contribution in [0.4, 0.5) is 5.69 Å². The average Bonchev–Trinajstić information content (AvgIpc) is 3.07. The molecule has 0 saturated carbocycles. The Morgan fingerprint density at radius 3 is 2.70 bits per heavy atom. The number of hydrogen-bond donors (Lipinski definition) is 1. The van der Waals surface area contributed by atoms with Crippen molar-refractivity contribution in [3.63, 3.8) is 0 Å². The van der Waals surface area contributed by atoms with Crippen LogP contribution < -0.4 is 5.32 Å². The molecule has 1 N–H and O–H groups in total. The van der Waals surface area contributed by atoms with Gasteiger partial charge in [-0.3, -0.25) is 9.36 Å². The Hall–Kier alpha value is -1.89. The number of anilines is 1. The average molecular weight is 277 g/mol. The zero-order valence-corrected chi connectivity index (χ0v) is 12.5. The van der Waals surface area contributed by atoms with Gasteiger partial charge in [-0.15, -0.1) is 5.10 Å². The summed E-state index contributed by atoms with van der Waals surface area (Å²) in [6.45, 7) is 9.12. The Balaban J connectivity index is 1.80. The van der Waals surface area contributed by atoms with Crippen LogP contribution in [0, 0.1) is 0 Å². The van der Waals surface area contributed by atoms with Gasteiger partial charge in [0.25, 0.3) is 0 Å². The van der Waals surface area contributed by atoms with Gasteiger partial charge in [0.05, 0.1) is 25.0 Å². The lowest BCUT2D eigenvalue weighted by atomic mass is 10.4. The van der Waals surface area contributed by atoms with Gasteiger partial charge in [0, 0.05) is 26.0 Å². The predicted octanol–water partition coefficient (Wildman–Crippen LogP) is 0.965. The third-order valence-electron chi connectivity index (χ3n) is 3.30. The molecule has 0 aromatic carbocycles. The normalized spacial score (nSPS) is 11.2. The number of likely N-dealkylation sites (N-methyl/N-ethyl adjacent to an activating group) is 1. The number of rotatable bonds is 8. The van der Waals surface area contributed by atoms with Gasteiger partial charge in [-0.2, -0.15) is 5.10 Å². The first-order valence-electron chi connectivity index (χ1n) is 7.05. The molecule has 0 bridgehead atoms. The van der Waals surface area contributed by atoms with Crippen LogP contribution in [0.25, 0.3) is 0 Å². The van der Waals surface area contributed by atoms with Gasteiger partial charge in [0.1, 0.15) is 5.69 Å².